The summed E-state index contributed by atoms with van der Waals surface area (Å²) in [5.41, 5.74) is 0.641. The molecule has 0 heterocycles. The molecule has 0 radical (unpaired) electrons. The maximum atomic E-state index is 11.2. The fourth-order valence-electron chi connectivity index (χ4n) is 0.571. The molecule has 0 unspecified atom stereocenters. The molecule has 0 saturated heterocycles. The van der Waals surface area contributed by atoms with Crippen LogP contribution in [0.25, 0.3) is 0 Å². The summed E-state index contributed by atoms with van der Waals surface area (Å²) in [5, 5.41) is 1.79. The van der Waals surface area contributed by atoms with Crippen molar-refractivity contribution in [1.82, 2.24) is 4.90 Å². The largest absolute Gasteiger partial charge is 0.345 e. The normalized spacial score (nSPS) is 11.0. The first-order valence-electron chi connectivity index (χ1n) is 3.20. The number of rotatable bonds is 3. The topological polar surface area (TPSA) is 20.3 Å². The van der Waals surface area contributed by atoms with Gasteiger partial charge in [0.1, 0.15) is 0 Å². The van der Waals surface area contributed by atoms with Crippen molar-refractivity contribution in [2.75, 3.05) is 20.4 Å². The minimum atomic E-state index is -0.00523. The molecule has 0 aliphatic carbocycles. The van der Waals surface area contributed by atoms with Crippen LogP contribution in [0.3, 0.4) is 0 Å². The van der Waals surface area contributed by atoms with Crippen molar-refractivity contribution in [2.45, 2.75) is 0 Å². The second-order valence-corrected chi connectivity index (χ2v) is 2.92. The third kappa shape index (κ3) is 3.28. The van der Waals surface area contributed by atoms with Crippen molar-refractivity contribution in [1.29, 1.82) is 0 Å². The molecule has 0 aliphatic heterocycles. The molecule has 3 heteroatoms. The zero-order valence-electron chi connectivity index (χ0n) is 7.13. The van der Waals surface area contributed by atoms with E-state index in [1.807, 2.05) is 6.26 Å². The predicted octanol–water partition coefficient (Wildman–Crippen LogP) is 1.51. The van der Waals surface area contributed by atoms with E-state index >= 15 is 0 Å². The first-order valence-corrected chi connectivity index (χ1v) is 4.49. The number of carbonyl (C=O) groups excluding carboxylic acids is 1. The van der Waals surface area contributed by atoms with Gasteiger partial charge < -0.3 is 4.90 Å². The third-order valence-electron chi connectivity index (χ3n) is 1.12. The van der Waals surface area contributed by atoms with E-state index in [9.17, 15) is 4.79 Å². The Hall–Kier alpha value is -0.700. The Morgan fingerprint density at radius 2 is 2.09 bits per heavy atom. The molecule has 0 aromatic carbocycles. The van der Waals surface area contributed by atoms with E-state index in [4.69, 9.17) is 0 Å². The van der Waals surface area contributed by atoms with Crippen molar-refractivity contribution >= 4 is 17.7 Å². The maximum absolute atomic E-state index is 11.2. The number of carbonyl (C=O) groups is 1. The molecule has 0 saturated carbocycles. The molecule has 62 valence electrons. The molecule has 0 spiro atoms. The minimum absolute atomic E-state index is 0.00523. The van der Waals surface area contributed by atoms with Crippen molar-refractivity contribution in [2.24, 2.45) is 0 Å². The zero-order valence-corrected chi connectivity index (χ0v) is 7.94. The molecule has 1 amide bonds. The van der Waals surface area contributed by atoms with Crippen LogP contribution in [-0.2, 0) is 4.79 Å². The van der Waals surface area contributed by atoms with Crippen molar-refractivity contribution in [3.8, 4) is 0 Å². The Bertz CT molecular complexity index is 185. The van der Waals surface area contributed by atoms with E-state index in [1.54, 1.807) is 25.6 Å². The molecule has 0 bridgehead atoms. The van der Waals surface area contributed by atoms with Gasteiger partial charge in [0.2, 0.25) is 0 Å². The molecule has 0 rings (SSSR count). The molecular formula is C8H13NOS. The second-order valence-electron chi connectivity index (χ2n) is 2.21. The molecule has 0 fully saturated rings. The SMILES string of the molecule is C=C/C(=C\SC)C(=O)N(C)C. The van der Waals surface area contributed by atoms with Gasteiger partial charge in [-0.15, -0.1) is 11.8 Å². The van der Waals surface area contributed by atoms with Gasteiger partial charge >= 0.3 is 0 Å². The van der Waals surface area contributed by atoms with E-state index in [2.05, 4.69) is 6.58 Å². The van der Waals surface area contributed by atoms with Gasteiger partial charge in [0.25, 0.3) is 5.91 Å². The van der Waals surface area contributed by atoms with E-state index < -0.39 is 0 Å². The average molecular weight is 171 g/mol. The van der Waals surface area contributed by atoms with Gasteiger partial charge in [-0.1, -0.05) is 12.7 Å². The summed E-state index contributed by atoms with van der Waals surface area (Å²) in [6.07, 6.45) is 3.48. The standard InChI is InChI=1S/C8H13NOS/c1-5-7(6-11-4)8(10)9(2)3/h5-6H,1H2,2-4H3/b7-6+. The Morgan fingerprint density at radius 3 is 2.36 bits per heavy atom. The highest BCUT2D eigenvalue weighted by atomic mass is 32.2. The monoisotopic (exact) mass is 171 g/mol. The van der Waals surface area contributed by atoms with Crippen molar-refractivity contribution in [3.63, 3.8) is 0 Å². The maximum Gasteiger partial charge on any atom is 0.253 e. The van der Waals surface area contributed by atoms with Gasteiger partial charge in [-0.3, -0.25) is 4.79 Å². The Balaban J connectivity index is 4.39. The average Bonchev–Trinajstić information content (AvgIpc) is 1.98. The van der Waals surface area contributed by atoms with E-state index in [1.165, 1.54) is 16.7 Å². The fraction of sp³-hybridized carbons (Fsp3) is 0.375. The van der Waals surface area contributed by atoms with Crippen LogP contribution in [-0.4, -0.2) is 31.2 Å². The highest BCUT2D eigenvalue weighted by molar-refractivity contribution is 8.01. The second kappa shape index (κ2) is 5.02. The van der Waals surface area contributed by atoms with E-state index in [0.29, 0.717) is 5.57 Å². The Morgan fingerprint density at radius 1 is 1.55 bits per heavy atom. The first kappa shape index (κ1) is 10.3. The molecule has 0 N–H and O–H groups in total. The Labute approximate surface area is 72.0 Å². The molecule has 0 aromatic heterocycles. The summed E-state index contributed by atoms with van der Waals surface area (Å²) >= 11 is 1.50. The van der Waals surface area contributed by atoms with Crippen LogP contribution >= 0.6 is 11.8 Å². The van der Waals surface area contributed by atoms with Crippen LogP contribution in [0.4, 0.5) is 0 Å². The predicted molar refractivity (Wildman–Crippen MR) is 50.5 cm³/mol. The van der Waals surface area contributed by atoms with Crippen molar-refractivity contribution < 1.29 is 4.79 Å². The van der Waals surface area contributed by atoms with Gasteiger partial charge in [-0.05, 0) is 11.7 Å². The number of hydrogen-bond donors (Lipinski definition) is 0. The lowest BCUT2D eigenvalue weighted by molar-refractivity contribution is -0.124. The highest BCUT2D eigenvalue weighted by Gasteiger charge is 2.06. The molecular weight excluding hydrogens is 158 g/mol. The summed E-state index contributed by atoms with van der Waals surface area (Å²) in [6.45, 7) is 3.55. The zero-order chi connectivity index (χ0) is 8.85. The van der Waals surface area contributed by atoms with E-state index in [-0.39, 0.29) is 5.91 Å². The molecule has 2 nitrogen and oxygen atoms in total. The van der Waals surface area contributed by atoms with Crippen LogP contribution in [0.1, 0.15) is 0 Å². The lowest BCUT2D eigenvalue weighted by atomic mass is 10.3. The fourth-order valence-corrected chi connectivity index (χ4v) is 1.02. The van der Waals surface area contributed by atoms with Crippen LogP contribution < -0.4 is 0 Å². The number of amides is 1. The van der Waals surface area contributed by atoms with Crippen LogP contribution in [0.15, 0.2) is 23.6 Å². The highest BCUT2D eigenvalue weighted by Crippen LogP contribution is 2.06. The van der Waals surface area contributed by atoms with Crippen LogP contribution in [0.2, 0.25) is 0 Å². The summed E-state index contributed by atoms with van der Waals surface area (Å²) in [5.74, 6) is -0.00523. The smallest absolute Gasteiger partial charge is 0.253 e. The number of likely N-dealkylation sites (N-methyl/N-ethyl adjacent to an activating group) is 1. The first-order chi connectivity index (χ1) is 5.13. The molecule has 0 atom stereocenters. The lowest BCUT2D eigenvalue weighted by Crippen LogP contribution is -2.22. The summed E-state index contributed by atoms with van der Waals surface area (Å²) < 4.78 is 0. The van der Waals surface area contributed by atoms with Crippen LogP contribution in [0, 0.1) is 0 Å². The molecule has 0 aliphatic rings. The molecule has 0 aromatic rings. The summed E-state index contributed by atoms with van der Waals surface area (Å²) in [6, 6.07) is 0. The van der Waals surface area contributed by atoms with Gasteiger partial charge in [0.05, 0.1) is 0 Å². The minimum Gasteiger partial charge on any atom is -0.345 e. The number of hydrogen-bond acceptors (Lipinski definition) is 2. The Kier molecular flexibility index (Phi) is 4.70. The van der Waals surface area contributed by atoms with Crippen molar-refractivity contribution in [3.05, 3.63) is 23.6 Å². The lowest BCUT2D eigenvalue weighted by Gasteiger charge is -2.09. The quantitative estimate of drug-likeness (QED) is 0.474. The van der Waals surface area contributed by atoms with Crippen LogP contribution in [0.5, 0.6) is 0 Å². The van der Waals surface area contributed by atoms with Gasteiger partial charge in [0.15, 0.2) is 0 Å². The molecule has 11 heavy (non-hydrogen) atoms. The number of nitrogens with zero attached hydrogens (tertiary/aromatic N) is 1. The van der Waals surface area contributed by atoms with E-state index in [0.717, 1.165) is 0 Å². The summed E-state index contributed by atoms with van der Waals surface area (Å²) in [4.78, 5) is 12.8. The van der Waals surface area contributed by atoms with Gasteiger partial charge in [-0.2, -0.15) is 0 Å². The van der Waals surface area contributed by atoms with Gasteiger partial charge in [0, 0.05) is 19.7 Å². The number of thioether (sulfide) groups is 1. The summed E-state index contributed by atoms with van der Waals surface area (Å²) in [7, 11) is 3.44. The van der Waals surface area contributed by atoms with Gasteiger partial charge in [-0.25, -0.2) is 0 Å². The third-order valence-corrected chi connectivity index (χ3v) is 1.61.